The maximum atomic E-state index is 5.99. The number of benzene rings is 2. The van der Waals surface area contributed by atoms with Crippen molar-refractivity contribution in [1.29, 1.82) is 0 Å². The van der Waals surface area contributed by atoms with Gasteiger partial charge in [0.25, 0.3) is 5.89 Å². The predicted molar refractivity (Wildman–Crippen MR) is 120 cm³/mol. The predicted octanol–water partition coefficient (Wildman–Crippen LogP) is 5.75. The van der Waals surface area contributed by atoms with Gasteiger partial charge in [0.1, 0.15) is 17.0 Å². The Morgan fingerprint density at radius 2 is 1.71 bits per heavy atom. The van der Waals surface area contributed by atoms with Crippen LogP contribution in [0.3, 0.4) is 0 Å². The van der Waals surface area contributed by atoms with Crippen LogP contribution in [0.25, 0.3) is 22.7 Å². The molecule has 4 rings (SSSR count). The number of nitrogens with one attached hydrogen (secondary N) is 1. The van der Waals surface area contributed by atoms with Gasteiger partial charge in [-0.3, -0.25) is 0 Å². The zero-order valence-corrected chi connectivity index (χ0v) is 18.4. The molecule has 160 valence electrons. The monoisotopic (exact) mass is 416 g/mol. The molecule has 31 heavy (non-hydrogen) atoms. The van der Waals surface area contributed by atoms with Crippen molar-refractivity contribution >= 4 is 0 Å². The van der Waals surface area contributed by atoms with Crippen molar-refractivity contribution in [3.8, 4) is 22.7 Å². The van der Waals surface area contributed by atoms with Crippen LogP contribution in [0.15, 0.2) is 63.5 Å². The van der Waals surface area contributed by atoms with Crippen molar-refractivity contribution in [3.05, 3.63) is 77.4 Å². The van der Waals surface area contributed by atoms with Crippen LogP contribution < -0.4 is 5.32 Å². The summed E-state index contributed by atoms with van der Waals surface area (Å²) in [5.41, 5.74) is 4.99. The fourth-order valence-corrected chi connectivity index (χ4v) is 3.74. The van der Waals surface area contributed by atoms with E-state index in [2.05, 4.69) is 65.7 Å². The van der Waals surface area contributed by atoms with Crippen LogP contribution in [-0.2, 0) is 13.0 Å². The highest BCUT2D eigenvalue weighted by Gasteiger charge is 2.22. The van der Waals surface area contributed by atoms with Crippen LogP contribution in [0, 0.1) is 12.8 Å². The number of rotatable bonds is 8. The van der Waals surface area contributed by atoms with Crippen molar-refractivity contribution < 1.29 is 8.94 Å². The second-order valence-electron chi connectivity index (χ2n) is 8.03. The van der Waals surface area contributed by atoms with Gasteiger partial charge in [-0.2, -0.15) is 0 Å². The van der Waals surface area contributed by atoms with Crippen molar-refractivity contribution in [2.45, 2.75) is 46.7 Å². The summed E-state index contributed by atoms with van der Waals surface area (Å²) >= 11 is 0. The van der Waals surface area contributed by atoms with Crippen molar-refractivity contribution in [3.63, 3.8) is 0 Å². The summed E-state index contributed by atoms with van der Waals surface area (Å²) in [6, 6.07) is 18.8. The molecule has 0 saturated heterocycles. The SMILES string of the molecule is CCc1ccc([C@@H](NCc2nnc(-c3c(-c4ccccc4)noc3C)o2)C(C)C)cc1. The lowest BCUT2D eigenvalue weighted by Crippen LogP contribution is -2.25. The third-order valence-electron chi connectivity index (χ3n) is 5.48. The molecule has 1 atom stereocenters. The molecule has 4 aromatic rings. The molecule has 1 N–H and O–H groups in total. The fraction of sp³-hybridized carbons (Fsp3) is 0.320. The Hall–Kier alpha value is -3.25. The molecule has 0 amide bonds. The Morgan fingerprint density at radius 1 is 0.968 bits per heavy atom. The van der Waals surface area contributed by atoms with E-state index in [1.807, 2.05) is 37.3 Å². The van der Waals surface area contributed by atoms with Crippen LogP contribution in [0.5, 0.6) is 0 Å². The summed E-state index contributed by atoms with van der Waals surface area (Å²) in [7, 11) is 0. The molecular weight excluding hydrogens is 388 g/mol. The van der Waals surface area contributed by atoms with Crippen molar-refractivity contribution in [2.24, 2.45) is 5.92 Å². The van der Waals surface area contributed by atoms with Gasteiger partial charge >= 0.3 is 0 Å². The van der Waals surface area contributed by atoms with E-state index in [9.17, 15) is 0 Å². The summed E-state index contributed by atoms with van der Waals surface area (Å²) in [5.74, 6) is 2.02. The largest absolute Gasteiger partial charge is 0.419 e. The smallest absolute Gasteiger partial charge is 0.253 e. The van der Waals surface area contributed by atoms with E-state index in [0.29, 0.717) is 35.7 Å². The van der Waals surface area contributed by atoms with E-state index in [4.69, 9.17) is 8.94 Å². The first-order chi connectivity index (χ1) is 15.1. The zero-order chi connectivity index (χ0) is 21.8. The Bertz CT molecular complexity index is 1110. The van der Waals surface area contributed by atoms with Gasteiger partial charge in [-0.25, -0.2) is 0 Å². The second kappa shape index (κ2) is 9.27. The average molecular weight is 417 g/mol. The molecule has 6 heteroatoms. The third-order valence-corrected chi connectivity index (χ3v) is 5.48. The minimum absolute atomic E-state index is 0.193. The van der Waals surface area contributed by atoms with Gasteiger partial charge in [-0.1, -0.05) is 80.5 Å². The first-order valence-corrected chi connectivity index (χ1v) is 10.7. The normalized spacial score (nSPS) is 12.4. The summed E-state index contributed by atoms with van der Waals surface area (Å²) in [4.78, 5) is 0. The molecular formula is C25H28N4O2. The molecule has 0 fully saturated rings. The van der Waals surface area contributed by atoms with Crippen LogP contribution in [-0.4, -0.2) is 15.4 Å². The molecule has 2 heterocycles. The fourth-order valence-electron chi connectivity index (χ4n) is 3.74. The van der Waals surface area contributed by atoms with Gasteiger partial charge in [0, 0.05) is 11.6 Å². The molecule has 0 spiro atoms. The van der Waals surface area contributed by atoms with Crippen LogP contribution in [0.4, 0.5) is 0 Å². The summed E-state index contributed by atoms with van der Waals surface area (Å²) in [6.45, 7) is 8.91. The van der Waals surface area contributed by atoms with Gasteiger partial charge in [0.2, 0.25) is 5.89 Å². The van der Waals surface area contributed by atoms with Crippen LogP contribution in [0.2, 0.25) is 0 Å². The van der Waals surface area contributed by atoms with Crippen LogP contribution in [0.1, 0.15) is 49.6 Å². The number of nitrogens with zero attached hydrogens (tertiary/aromatic N) is 3. The lowest BCUT2D eigenvalue weighted by atomic mass is 9.95. The van der Waals surface area contributed by atoms with Crippen molar-refractivity contribution in [1.82, 2.24) is 20.7 Å². The molecule has 6 nitrogen and oxygen atoms in total. The molecule has 2 aromatic carbocycles. The first kappa shape index (κ1) is 21.0. The molecule has 0 bridgehead atoms. The van der Waals surface area contributed by atoms with Gasteiger partial charge in [0.05, 0.1) is 6.54 Å². The average Bonchev–Trinajstić information content (AvgIpc) is 3.41. The quantitative estimate of drug-likeness (QED) is 0.394. The Balaban J connectivity index is 1.52. The molecule has 0 aliphatic heterocycles. The topological polar surface area (TPSA) is 77.0 Å². The minimum atomic E-state index is 0.193. The van der Waals surface area contributed by atoms with E-state index in [1.54, 1.807) is 0 Å². The van der Waals surface area contributed by atoms with Gasteiger partial charge in [0.15, 0.2) is 0 Å². The molecule has 2 aromatic heterocycles. The maximum absolute atomic E-state index is 5.99. The van der Waals surface area contributed by atoms with E-state index >= 15 is 0 Å². The van der Waals surface area contributed by atoms with Gasteiger partial charge in [-0.15, -0.1) is 10.2 Å². The zero-order valence-electron chi connectivity index (χ0n) is 18.4. The van der Waals surface area contributed by atoms with E-state index in [0.717, 1.165) is 17.5 Å². The third kappa shape index (κ3) is 4.59. The summed E-state index contributed by atoms with van der Waals surface area (Å²) in [6.07, 6.45) is 1.04. The standard InChI is InChI=1S/C25H28N4O2/c1-5-18-11-13-20(14-12-18)23(16(2)3)26-15-21-27-28-25(30-21)22-17(4)31-29-24(22)19-9-7-6-8-10-19/h6-14,16,23,26H,5,15H2,1-4H3/t23-/m0/s1. The highest BCUT2D eigenvalue weighted by Crippen LogP contribution is 2.33. The highest BCUT2D eigenvalue weighted by atomic mass is 16.5. The van der Waals surface area contributed by atoms with Crippen molar-refractivity contribution in [2.75, 3.05) is 0 Å². The lowest BCUT2D eigenvalue weighted by molar-refractivity contribution is 0.379. The lowest BCUT2D eigenvalue weighted by Gasteiger charge is -2.22. The van der Waals surface area contributed by atoms with Crippen LogP contribution >= 0.6 is 0 Å². The molecule has 0 radical (unpaired) electrons. The number of hydrogen-bond donors (Lipinski definition) is 1. The molecule has 0 aliphatic rings. The number of aromatic nitrogens is 3. The summed E-state index contributed by atoms with van der Waals surface area (Å²) < 4.78 is 11.4. The number of hydrogen-bond acceptors (Lipinski definition) is 6. The van der Waals surface area contributed by atoms with E-state index < -0.39 is 0 Å². The molecule has 0 aliphatic carbocycles. The van der Waals surface area contributed by atoms with Gasteiger partial charge in [-0.05, 0) is 30.4 Å². The maximum Gasteiger partial charge on any atom is 0.253 e. The number of aryl methyl sites for hydroxylation is 2. The second-order valence-corrected chi connectivity index (χ2v) is 8.03. The van der Waals surface area contributed by atoms with E-state index in [-0.39, 0.29) is 6.04 Å². The first-order valence-electron chi connectivity index (χ1n) is 10.7. The Morgan fingerprint density at radius 3 is 2.39 bits per heavy atom. The molecule has 0 unspecified atom stereocenters. The van der Waals surface area contributed by atoms with Gasteiger partial charge < -0.3 is 14.3 Å². The minimum Gasteiger partial charge on any atom is -0.419 e. The Labute approximate surface area is 182 Å². The van der Waals surface area contributed by atoms with E-state index in [1.165, 1.54) is 11.1 Å². The summed E-state index contributed by atoms with van der Waals surface area (Å²) in [5, 5.41) is 16.3. The highest BCUT2D eigenvalue weighted by molar-refractivity contribution is 5.77. The Kier molecular flexibility index (Phi) is 6.28. The molecule has 0 saturated carbocycles.